The predicted molar refractivity (Wildman–Crippen MR) is 92.5 cm³/mol. The predicted octanol–water partition coefficient (Wildman–Crippen LogP) is 2.58. The number of ether oxygens (including phenoxy) is 3. The van der Waals surface area contributed by atoms with Crippen LogP contribution in [-0.4, -0.2) is 56.7 Å². The first-order chi connectivity index (χ1) is 11.9. The number of para-hydroxylation sites is 1. The van der Waals surface area contributed by atoms with Crippen molar-refractivity contribution in [1.29, 1.82) is 0 Å². The van der Waals surface area contributed by atoms with Gasteiger partial charge in [0.25, 0.3) is 0 Å². The molecule has 0 radical (unpaired) electrons. The number of allylic oxidation sites excluding steroid dienone is 1. The number of nitrogens with zero attached hydrogens (tertiary/aromatic N) is 2. The minimum atomic E-state index is -0.632. The Morgan fingerprint density at radius 2 is 1.88 bits per heavy atom. The van der Waals surface area contributed by atoms with E-state index < -0.39 is 12.0 Å². The van der Waals surface area contributed by atoms with E-state index in [2.05, 4.69) is 0 Å². The molecule has 1 aliphatic heterocycles. The van der Waals surface area contributed by atoms with Gasteiger partial charge in [0.2, 0.25) is 0 Å². The zero-order chi connectivity index (χ0) is 18.7. The Morgan fingerprint density at radius 3 is 2.44 bits per heavy atom. The second-order valence-corrected chi connectivity index (χ2v) is 5.66. The smallest absolute Gasteiger partial charge is 0.338 e. The zero-order valence-corrected chi connectivity index (χ0v) is 15.5. The average Bonchev–Trinajstić information content (AvgIpc) is 2.62. The number of hydrogen-bond donors (Lipinski definition) is 0. The molecule has 2 rings (SSSR count). The normalized spacial score (nSPS) is 17.7. The van der Waals surface area contributed by atoms with Crippen molar-refractivity contribution < 1.29 is 23.8 Å². The van der Waals surface area contributed by atoms with Gasteiger partial charge in [-0.05, 0) is 19.9 Å². The maximum Gasteiger partial charge on any atom is 0.338 e. The maximum atomic E-state index is 12.6. The third-order valence-corrected chi connectivity index (χ3v) is 4.37. The molecule has 2 amide bonds. The Morgan fingerprint density at radius 1 is 1.20 bits per heavy atom. The van der Waals surface area contributed by atoms with Gasteiger partial charge in [-0.25, -0.2) is 9.59 Å². The number of hydrogen-bond acceptors (Lipinski definition) is 5. The van der Waals surface area contributed by atoms with E-state index in [4.69, 9.17) is 14.2 Å². The van der Waals surface area contributed by atoms with E-state index in [9.17, 15) is 9.59 Å². The van der Waals surface area contributed by atoms with Crippen LogP contribution in [-0.2, 0) is 9.53 Å². The summed E-state index contributed by atoms with van der Waals surface area (Å²) in [5, 5.41) is 0. The van der Waals surface area contributed by atoms with Crippen molar-refractivity contribution in [3.8, 4) is 11.5 Å². The van der Waals surface area contributed by atoms with Gasteiger partial charge in [0, 0.05) is 25.4 Å². The lowest BCUT2D eigenvalue weighted by Gasteiger charge is -2.39. The second-order valence-electron chi connectivity index (χ2n) is 5.66. The first kappa shape index (κ1) is 18.6. The summed E-state index contributed by atoms with van der Waals surface area (Å²) in [5.41, 5.74) is 1.61. The third kappa shape index (κ3) is 3.14. The van der Waals surface area contributed by atoms with Crippen molar-refractivity contribution in [1.82, 2.24) is 9.80 Å². The molecule has 136 valence electrons. The highest BCUT2D eigenvalue weighted by molar-refractivity contribution is 5.95. The number of methoxy groups -OCH3 is 2. The van der Waals surface area contributed by atoms with Crippen LogP contribution in [0.3, 0.4) is 0 Å². The summed E-state index contributed by atoms with van der Waals surface area (Å²) < 4.78 is 16.1. The van der Waals surface area contributed by atoms with Crippen LogP contribution in [0.25, 0.3) is 0 Å². The first-order valence-corrected chi connectivity index (χ1v) is 7.98. The maximum absolute atomic E-state index is 12.6. The van der Waals surface area contributed by atoms with Gasteiger partial charge in [-0.15, -0.1) is 0 Å². The molecule has 7 heteroatoms. The van der Waals surface area contributed by atoms with E-state index >= 15 is 0 Å². The molecule has 1 aromatic carbocycles. The van der Waals surface area contributed by atoms with Gasteiger partial charge < -0.3 is 24.0 Å². The Labute approximate surface area is 147 Å². The van der Waals surface area contributed by atoms with Crippen LogP contribution in [0.2, 0.25) is 0 Å². The van der Waals surface area contributed by atoms with Gasteiger partial charge in [-0.3, -0.25) is 0 Å². The molecule has 0 spiro atoms. The largest absolute Gasteiger partial charge is 0.493 e. The summed E-state index contributed by atoms with van der Waals surface area (Å²) in [5.74, 6) is 0.551. The highest BCUT2D eigenvalue weighted by atomic mass is 16.5. The molecule has 0 unspecified atom stereocenters. The van der Waals surface area contributed by atoms with E-state index in [0.29, 0.717) is 28.3 Å². The fraction of sp³-hybridized carbons (Fsp3) is 0.444. The van der Waals surface area contributed by atoms with Crippen LogP contribution in [0.1, 0.15) is 25.5 Å². The van der Waals surface area contributed by atoms with Crippen LogP contribution in [0.15, 0.2) is 29.5 Å². The fourth-order valence-corrected chi connectivity index (χ4v) is 3.02. The lowest BCUT2D eigenvalue weighted by molar-refractivity contribution is -0.139. The van der Waals surface area contributed by atoms with Gasteiger partial charge in [-0.2, -0.15) is 0 Å². The van der Waals surface area contributed by atoms with Crippen LogP contribution >= 0.6 is 0 Å². The number of amides is 2. The summed E-state index contributed by atoms with van der Waals surface area (Å²) >= 11 is 0. The molecule has 1 heterocycles. The van der Waals surface area contributed by atoms with Gasteiger partial charge in [0.1, 0.15) is 0 Å². The summed E-state index contributed by atoms with van der Waals surface area (Å²) in [6.45, 7) is 3.73. The molecule has 0 bridgehead atoms. The number of urea groups is 1. The number of likely N-dealkylation sites (N-methyl/N-ethyl adjacent to an activating group) is 1. The van der Waals surface area contributed by atoms with Gasteiger partial charge in [-0.1, -0.05) is 12.1 Å². The van der Waals surface area contributed by atoms with E-state index in [0.717, 1.165) is 0 Å². The average molecular weight is 348 g/mol. The lowest BCUT2D eigenvalue weighted by Crippen LogP contribution is -2.47. The van der Waals surface area contributed by atoms with E-state index in [1.807, 2.05) is 6.07 Å². The molecule has 1 atom stereocenters. The Kier molecular flexibility index (Phi) is 5.56. The van der Waals surface area contributed by atoms with E-state index in [-0.39, 0.29) is 12.6 Å². The summed E-state index contributed by atoms with van der Waals surface area (Å²) in [4.78, 5) is 28.2. The van der Waals surface area contributed by atoms with Crippen LogP contribution in [0, 0.1) is 0 Å². The van der Waals surface area contributed by atoms with Gasteiger partial charge in [0.15, 0.2) is 11.5 Å². The third-order valence-electron chi connectivity index (χ3n) is 4.37. The van der Waals surface area contributed by atoms with Crippen molar-refractivity contribution >= 4 is 12.0 Å². The van der Waals surface area contributed by atoms with Crippen LogP contribution < -0.4 is 9.47 Å². The minimum Gasteiger partial charge on any atom is -0.493 e. The van der Waals surface area contributed by atoms with E-state index in [1.54, 1.807) is 47.2 Å². The molecule has 0 saturated carbocycles. The number of carbonyl (C=O) groups is 2. The molecule has 0 N–H and O–H groups in total. The summed E-state index contributed by atoms with van der Waals surface area (Å²) in [6.07, 6.45) is 0. The zero-order valence-electron chi connectivity index (χ0n) is 15.5. The molecule has 7 nitrogen and oxygen atoms in total. The summed E-state index contributed by atoms with van der Waals surface area (Å²) in [6, 6.07) is 4.52. The Balaban J connectivity index is 2.71. The SMILES string of the molecule is CCOC(=O)C1=C(C)N(C)C(=O)N(C)[C@@H]1c1cccc(OC)c1OC. The molecule has 25 heavy (non-hydrogen) atoms. The number of carbonyl (C=O) groups excluding carboxylic acids is 2. The van der Waals surface area contributed by atoms with Gasteiger partial charge in [0.05, 0.1) is 32.4 Å². The number of esters is 1. The molecule has 0 aromatic heterocycles. The molecule has 1 aromatic rings. The molecule has 0 aliphatic carbocycles. The Bertz CT molecular complexity index is 713. The number of benzene rings is 1. The fourth-order valence-electron chi connectivity index (χ4n) is 3.02. The van der Waals surface area contributed by atoms with E-state index in [1.165, 1.54) is 16.9 Å². The van der Waals surface area contributed by atoms with Crippen molar-refractivity contribution in [2.24, 2.45) is 0 Å². The van der Waals surface area contributed by atoms with Crippen LogP contribution in [0.5, 0.6) is 11.5 Å². The van der Waals surface area contributed by atoms with Crippen molar-refractivity contribution in [3.05, 3.63) is 35.0 Å². The number of rotatable bonds is 5. The minimum absolute atomic E-state index is 0.222. The molecular formula is C18H24N2O5. The molecule has 0 saturated heterocycles. The molecule has 0 fully saturated rings. The monoisotopic (exact) mass is 348 g/mol. The highest BCUT2D eigenvalue weighted by Crippen LogP contribution is 2.43. The van der Waals surface area contributed by atoms with Crippen LogP contribution in [0.4, 0.5) is 4.79 Å². The molecular weight excluding hydrogens is 324 g/mol. The Hall–Kier alpha value is -2.70. The van der Waals surface area contributed by atoms with Crippen molar-refractivity contribution in [2.45, 2.75) is 19.9 Å². The second kappa shape index (κ2) is 7.46. The lowest BCUT2D eigenvalue weighted by atomic mass is 9.92. The van der Waals surface area contributed by atoms with Gasteiger partial charge >= 0.3 is 12.0 Å². The first-order valence-electron chi connectivity index (χ1n) is 7.98. The van der Waals surface area contributed by atoms with Crippen molar-refractivity contribution in [3.63, 3.8) is 0 Å². The van der Waals surface area contributed by atoms with Crippen molar-refractivity contribution in [2.75, 3.05) is 34.9 Å². The highest BCUT2D eigenvalue weighted by Gasteiger charge is 2.40. The molecule has 1 aliphatic rings. The quantitative estimate of drug-likeness (QED) is 0.765. The standard InChI is InChI=1S/C18H24N2O5/c1-7-25-17(21)14-11(2)19(3)18(22)20(4)15(14)12-9-8-10-13(23-5)16(12)24-6/h8-10,15H,7H2,1-6H3/t15-/m1/s1. The topological polar surface area (TPSA) is 68.3 Å². The summed E-state index contributed by atoms with van der Waals surface area (Å²) in [7, 11) is 6.34.